The monoisotopic (exact) mass is 599 g/mol. The molecule has 12 nitrogen and oxygen atoms in total. The van der Waals surface area contributed by atoms with Gasteiger partial charge in [0.05, 0.1) is 58.0 Å². The van der Waals surface area contributed by atoms with E-state index >= 15 is 0 Å². The third-order valence-corrected chi connectivity index (χ3v) is 7.77. The molecule has 1 aliphatic heterocycles. The van der Waals surface area contributed by atoms with E-state index in [4.69, 9.17) is 33.7 Å². The SMILES string of the molecule is CC1OCCN(c2cc(NC(=O)Cn3cc(-c4cc(Cl)c(O)c(C(N)=O)c4)c4c(=O)n(C)cnc43)c(Cl)cn2)C1C. The van der Waals surface area contributed by atoms with Crippen molar-refractivity contribution in [1.29, 1.82) is 0 Å². The van der Waals surface area contributed by atoms with Gasteiger partial charge in [-0.2, -0.15) is 0 Å². The zero-order chi connectivity index (χ0) is 29.6. The second-order valence-corrected chi connectivity index (χ2v) is 10.6. The van der Waals surface area contributed by atoms with Crippen LogP contribution >= 0.6 is 23.2 Å². The smallest absolute Gasteiger partial charge is 0.263 e. The number of pyridine rings is 1. The number of carbonyl (C=O) groups excluding carboxylic acids is 2. The highest BCUT2D eigenvalue weighted by Gasteiger charge is 2.27. The fourth-order valence-electron chi connectivity index (χ4n) is 4.83. The highest BCUT2D eigenvalue weighted by atomic mass is 35.5. The molecule has 0 bridgehead atoms. The minimum absolute atomic E-state index is 0.0122. The third kappa shape index (κ3) is 5.33. The maximum Gasteiger partial charge on any atom is 0.263 e. The molecule has 2 amide bonds. The van der Waals surface area contributed by atoms with Crippen molar-refractivity contribution in [2.75, 3.05) is 23.4 Å². The number of morpholine rings is 1. The summed E-state index contributed by atoms with van der Waals surface area (Å²) in [6.45, 7) is 5.01. The summed E-state index contributed by atoms with van der Waals surface area (Å²) in [7, 11) is 1.54. The van der Waals surface area contributed by atoms with Crippen molar-refractivity contribution >= 4 is 57.6 Å². The van der Waals surface area contributed by atoms with Crippen molar-refractivity contribution in [2.45, 2.75) is 32.5 Å². The number of hydrogen-bond donors (Lipinski definition) is 3. The molecule has 214 valence electrons. The summed E-state index contributed by atoms with van der Waals surface area (Å²) in [6, 6.07) is 4.52. The molecular weight excluding hydrogens is 573 g/mol. The molecule has 4 heterocycles. The molecular formula is C27H27Cl2N7O5. The maximum atomic E-state index is 13.3. The predicted octanol–water partition coefficient (Wildman–Crippen LogP) is 3.16. The summed E-state index contributed by atoms with van der Waals surface area (Å²) in [6.07, 6.45) is 4.40. The van der Waals surface area contributed by atoms with Gasteiger partial charge in [-0.3, -0.25) is 14.4 Å². The number of benzene rings is 1. The molecule has 4 N–H and O–H groups in total. The summed E-state index contributed by atoms with van der Waals surface area (Å²) in [4.78, 5) is 49.2. The van der Waals surface area contributed by atoms with Crippen LogP contribution in [0.1, 0.15) is 24.2 Å². The normalized spacial score (nSPS) is 17.1. The lowest BCUT2D eigenvalue weighted by Gasteiger charge is -2.38. The van der Waals surface area contributed by atoms with Crippen molar-refractivity contribution in [1.82, 2.24) is 19.1 Å². The molecule has 0 radical (unpaired) electrons. The van der Waals surface area contributed by atoms with Crippen LogP contribution in [0.25, 0.3) is 22.2 Å². The van der Waals surface area contributed by atoms with Gasteiger partial charge >= 0.3 is 0 Å². The number of aromatic nitrogens is 4. The van der Waals surface area contributed by atoms with Gasteiger partial charge < -0.3 is 34.9 Å². The quantitative estimate of drug-likeness (QED) is 0.305. The van der Waals surface area contributed by atoms with Crippen LogP contribution in [0.3, 0.4) is 0 Å². The van der Waals surface area contributed by atoms with E-state index in [0.29, 0.717) is 35.8 Å². The zero-order valence-electron chi connectivity index (χ0n) is 22.4. The molecule has 2 atom stereocenters. The van der Waals surface area contributed by atoms with Gasteiger partial charge in [0.25, 0.3) is 11.5 Å². The minimum atomic E-state index is -0.894. The average Bonchev–Trinajstić information content (AvgIpc) is 3.29. The van der Waals surface area contributed by atoms with Crippen molar-refractivity contribution in [3.63, 3.8) is 0 Å². The lowest BCUT2D eigenvalue weighted by molar-refractivity contribution is -0.116. The number of ether oxygens (including phenoxy) is 1. The van der Waals surface area contributed by atoms with Crippen molar-refractivity contribution in [3.8, 4) is 16.9 Å². The first-order valence-electron chi connectivity index (χ1n) is 12.7. The highest BCUT2D eigenvalue weighted by molar-refractivity contribution is 6.34. The number of nitrogens with zero attached hydrogens (tertiary/aromatic N) is 5. The van der Waals surface area contributed by atoms with Crippen LogP contribution in [-0.4, -0.2) is 61.3 Å². The average molecular weight is 600 g/mol. The molecule has 1 fully saturated rings. The number of fused-ring (bicyclic) bond motifs is 1. The molecule has 0 aliphatic carbocycles. The summed E-state index contributed by atoms with van der Waals surface area (Å²) in [5.41, 5.74) is 6.12. The first-order valence-corrected chi connectivity index (χ1v) is 13.4. The Kier molecular flexibility index (Phi) is 7.64. The molecule has 2 unspecified atom stereocenters. The number of halogens is 2. The van der Waals surface area contributed by atoms with E-state index in [1.807, 2.05) is 13.8 Å². The Morgan fingerprint density at radius 1 is 1.20 bits per heavy atom. The summed E-state index contributed by atoms with van der Waals surface area (Å²) >= 11 is 12.5. The second-order valence-electron chi connectivity index (χ2n) is 9.83. The summed E-state index contributed by atoms with van der Waals surface area (Å²) < 4.78 is 8.50. The molecule has 14 heteroatoms. The fourth-order valence-corrected chi connectivity index (χ4v) is 5.20. The third-order valence-electron chi connectivity index (χ3n) is 7.18. The van der Waals surface area contributed by atoms with E-state index in [1.165, 1.54) is 33.8 Å². The van der Waals surface area contributed by atoms with Gasteiger partial charge in [0.1, 0.15) is 23.8 Å². The number of phenols is 1. The van der Waals surface area contributed by atoms with Crippen LogP contribution in [0, 0.1) is 0 Å². The molecule has 1 aliphatic rings. The van der Waals surface area contributed by atoms with Gasteiger partial charge in [-0.05, 0) is 31.5 Å². The Balaban J connectivity index is 1.50. The van der Waals surface area contributed by atoms with Gasteiger partial charge in [-0.1, -0.05) is 23.2 Å². The van der Waals surface area contributed by atoms with Gasteiger partial charge in [0.2, 0.25) is 5.91 Å². The van der Waals surface area contributed by atoms with Crippen molar-refractivity contribution < 1.29 is 19.4 Å². The number of primary amides is 1. The van der Waals surface area contributed by atoms with Crippen LogP contribution in [0.4, 0.5) is 11.5 Å². The van der Waals surface area contributed by atoms with Crippen LogP contribution in [0.15, 0.2) is 41.7 Å². The molecule has 1 aromatic carbocycles. The van der Waals surface area contributed by atoms with Gasteiger partial charge in [-0.15, -0.1) is 0 Å². The number of amides is 2. The van der Waals surface area contributed by atoms with Crippen molar-refractivity contribution in [2.24, 2.45) is 12.8 Å². The lowest BCUT2D eigenvalue weighted by Crippen LogP contribution is -2.49. The lowest BCUT2D eigenvalue weighted by atomic mass is 10.0. The largest absolute Gasteiger partial charge is 0.506 e. The number of nitrogens with two attached hydrogens (primary N) is 1. The fraction of sp³-hybridized carbons (Fsp3) is 0.296. The van der Waals surface area contributed by atoms with Crippen LogP contribution < -0.4 is 21.5 Å². The molecule has 5 rings (SSSR count). The summed E-state index contributed by atoms with van der Waals surface area (Å²) in [5.74, 6) is -1.14. The number of nitrogens with one attached hydrogen (secondary N) is 1. The number of carbonyl (C=O) groups is 2. The topological polar surface area (TPSA) is 158 Å². The molecule has 3 aromatic heterocycles. The Morgan fingerprint density at radius 3 is 2.68 bits per heavy atom. The Labute approximate surface area is 244 Å². The number of anilines is 2. The molecule has 4 aromatic rings. The number of aryl methyl sites for hydroxylation is 1. The Hall–Kier alpha value is -4.13. The van der Waals surface area contributed by atoms with Crippen LogP contribution in [-0.2, 0) is 23.1 Å². The molecule has 1 saturated heterocycles. The molecule has 41 heavy (non-hydrogen) atoms. The van der Waals surface area contributed by atoms with E-state index in [2.05, 4.69) is 20.2 Å². The summed E-state index contributed by atoms with van der Waals surface area (Å²) in [5, 5.41) is 13.3. The Morgan fingerprint density at radius 2 is 1.95 bits per heavy atom. The van der Waals surface area contributed by atoms with E-state index < -0.39 is 17.6 Å². The number of rotatable bonds is 6. The van der Waals surface area contributed by atoms with E-state index in [0.717, 1.165) is 0 Å². The standard InChI is InChI=1S/C27H27Cl2N7O5/c1-13-14(2)41-5-4-36(13)21-8-20(19(29)9-31-21)33-22(37)11-35-10-17(23-26(35)32-12-34(3)27(23)40)15-6-16(25(30)39)24(38)18(28)7-15/h6-10,12-14,38H,4-5,11H2,1-3H3,(H2,30,39)(H,31,33,37). The van der Waals surface area contributed by atoms with Gasteiger partial charge in [-0.25, -0.2) is 9.97 Å². The zero-order valence-corrected chi connectivity index (χ0v) is 23.9. The Bertz CT molecular complexity index is 1750. The number of aromatic hydroxyl groups is 1. The van der Waals surface area contributed by atoms with Crippen LogP contribution in [0.2, 0.25) is 10.0 Å². The van der Waals surface area contributed by atoms with Gasteiger partial charge in [0, 0.05) is 31.4 Å². The van der Waals surface area contributed by atoms with Crippen LogP contribution in [0.5, 0.6) is 5.75 Å². The van der Waals surface area contributed by atoms with Crippen molar-refractivity contribution in [3.05, 3.63) is 62.9 Å². The number of hydrogen-bond acceptors (Lipinski definition) is 8. The molecule has 0 saturated carbocycles. The van der Waals surface area contributed by atoms with Gasteiger partial charge in [0.15, 0.2) is 0 Å². The highest BCUT2D eigenvalue weighted by Crippen LogP contribution is 2.36. The predicted molar refractivity (Wildman–Crippen MR) is 156 cm³/mol. The van der Waals surface area contributed by atoms with E-state index in [9.17, 15) is 19.5 Å². The maximum absolute atomic E-state index is 13.3. The minimum Gasteiger partial charge on any atom is -0.506 e. The molecule has 0 spiro atoms. The first kappa shape index (κ1) is 28.4. The van der Waals surface area contributed by atoms with E-state index in [-0.39, 0.29) is 50.9 Å². The van der Waals surface area contributed by atoms with E-state index in [1.54, 1.807) is 19.3 Å². The first-order chi connectivity index (χ1) is 19.5. The second kappa shape index (κ2) is 11.0.